The summed E-state index contributed by atoms with van der Waals surface area (Å²) in [5.41, 5.74) is -2.46. The van der Waals surface area contributed by atoms with Crippen LogP contribution in [0.5, 0.6) is 0 Å². The standard InChI is InChI=1S/C25H13Cl5F5N3O3.3H2/c26-11-2-1-8(5-12(11)27)16-17(25(16,29)30)23(40)36-9-6-10(18(28)14(32)7-9)22(39)38-20-13(31)3-4-15(19(20)33)37-24(41)21(34)35;;;/h1-7,16-17,21H,(H,36,40)(H,37,41)(H,38,39);3*1H/t16-,17+;;;/m0.../s1. The molecule has 4 rings (SSSR count). The van der Waals surface area contributed by atoms with Gasteiger partial charge in [0.1, 0.15) is 21.7 Å². The molecular formula is C25H19Cl5F5N3O3. The van der Waals surface area contributed by atoms with Gasteiger partial charge in [0.15, 0.2) is 5.82 Å². The molecule has 1 aliphatic carbocycles. The highest BCUT2D eigenvalue weighted by Crippen LogP contribution is 2.65. The zero-order chi connectivity index (χ0) is 30.4. The zero-order valence-corrected chi connectivity index (χ0v) is 23.6. The SMILES string of the molecule is O=C(Nc1c(F)ccc(NC(=O)C(F)F)c1F)c1cc(NC(=O)[C@H]2[C@H](c3ccc(Cl)c(Cl)c3)C2(Cl)Cl)cc(F)c1Cl.[HH].[HH].[HH]. The molecule has 0 saturated heterocycles. The first-order chi connectivity index (χ1) is 19.1. The third kappa shape index (κ3) is 6.34. The van der Waals surface area contributed by atoms with E-state index in [2.05, 4.69) is 5.32 Å². The first kappa shape index (κ1) is 31.1. The molecule has 3 amide bonds. The fourth-order valence-electron chi connectivity index (χ4n) is 3.95. The Hall–Kier alpha value is -2.83. The molecule has 0 radical (unpaired) electrons. The molecule has 1 fully saturated rings. The molecule has 1 aliphatic rings. The van der Waals surface area contributed by atoms with Gasteiger partial charge < -0.3 is 16.0 Å². The molecule has 3 aromatic carbocycles. The number of anilines is 3. The Morgan fingerprint density at radius 2 is 1.54 bits per heavy atom. The lowest BCUT2D eigenvalue weighted by molar-refractivity contribution is -0.126. The lowest BCUT2D eigenvalue weighted by Crippen LogP contribution is -2.22. The molecule has 0 spiro atoms. The number of halogens is 10. The van der Waals surface area contributed by atoms with E-state index in [1.807, 2.05) is 5.32 Å². The topological polar surface area (TPSA) is 87.3 Å². The number of rotatable bonds is 7. The maximum absolute atomic E-state index is 14.7. The summed E-state index contributed by atoms with van der Waals surface area (Å²) in [6, 6.07) is 7.48. The van der Waals surface area contributed by atoms with Gasteiger partial charge in [-0.3, -0.25) is 14.4 Å². The van der Waals surface area contributed by atoms with Crippen LogP contribution in [-0.4, -0.2) is 28.5 Å². The van der Waals surface area contributed by atoms with E-state index in [1.54, 1.807) is 6.07 Å². The molecule has 2 atom stereocenters. The van der Waals surface area contributed by atoms with Crippen molar-refractivity contribution in [2.75, 3.05) is 16.0 Å². The van der Waals surface area contributed by atoms with Gasteiger partial charge in [-0.25, -0.2) is 13.2 Å². The van der Waals surface area contributed by atoms with Crippen molar-refractivity contribution in [2.24, 2.45) is 5.92 Å². The molecule has 0 aliphatic heterocycles. The molecule has 0 unspecified atom stereocenters. The highest BCUT2D eigenvalue weighted by Gasteiger charge is 2.67. The summed E-state index contributed by atoms with van der Waals surface area (Å²) in [6.07, 6.45) is -3.50. The van der Waals surface area contributed by atoms with Crippen molar-refractivity contribution in [3.63, 3.8) is 0 Å². The quantitative estimate of drug-likeness (QED) is 0.172. The average molecular weight is 682 g/mol. The van der Waals surface area contributed by atoms with Crippen molar-refractivity contribution >= 4 is 92.8 Å². The van der Waals surface area contributed by atoms with Crippen LogP contribution in [0.3, 0.4) is 0 Å². The van der Waals surface area contributed by atoms with Gasteiger partial charge in [-0.1, -0.05) is 40.9 Å². The van der Waals surface area contributed by atoms with E-state index in [1.165, 1.54) is 17.4 Å². The van der Waals surface area contributed by atoms with Crippen LogP contribution in [-0.2, 0) is 9.59 Å². The van der Waals surface area contributed by atoms with Gasteiger partial charge in [0.05, 0.1) is 32.2 Å². The molecule has 6 nitrogen and oxygen atoms in total. The zero-order valence-electron chi connectivity index (χ0n) is 19.8. The van der Waals surface area contributed by atoms with Gasteiger partial charge in [-0.2, -0.15) is 8.78 Å². The number of hydrogen-bond acceptors (Lipinski definition) is 3. The van der Waals surface area contributed by atoms with E-state index in [4.69, 9.17) is 58.0 Å². The van der Waals surface area contributed by atoms with Crippen LogP contribution in [0, 0.1) is 23.4 Å². The van der Waals surface area contributed by atoms with Crippen LogP contribution in [0.15, 0.2) is 42.5 Å². The van der Waals surface area contributed by atoms with Crippen LogP contribution in [0.1, 0.15) is 26.1 Å². The van der Waals surface area contributed by atoms with Crippen molar-refractivity contribution in [2.45, 2.75) is 16.7 Å². The minimum Gasteiger partial charge on any atom is -0.326 e. The molecular weight excluding hydrogens is 663 g/mol. The second-order valence-corrected chi connectivity index (χ2v) is 11.3. The van der Waals surface area contributed by atoms with Gasteiger partial charge in [-0.15, -0.1) is 23.2 Å². The Balaban J connectivity index is 0.00000323. The molecule has 16 heteroatoms. The Labute approximate surface area is 257 Å². The second-order valence-electron chi connectivity index (χ2n) is 8.64. The summed E-state index contributed by atoms with van der Waals surface area (Å²) < 4.78 is 67.1. The van der Waals surface area contributed by atoms with Crippen LogP contribution in [0.4, 0.5) is 39.0 Å². The summed E-state index contributed by atoms with van der Waals surface area (Å²) >= 11 is 30.5. The maximum Gasteiger partial charge on any atom is 0.315 e. The summed E-state index contributed by atoms with van der Waals surface area (Å²) in [6.45, 7) is 0. The molecule has 3 aromatic rings. The van der Waals surface area contributed by atoms with E-state index in [0.717, 1.165) is 12.1 Å². The van der Waals surface area contributed by atoms with Gasteiger partial charge in [0, 0.05) is 15.9 Å². The first-order valence-corrected chi connectivity index (χ1v) is 13.0. The van der Waals surface area contributed by atoms with Crippen LogP contribution in [0.2, 0.25) is 15.1 Å². The summed E-state index contributed by atoms with van der Waals surface area (Å²) in [4.78, 5) is 37.0. The van der Waals surface area contributed by atoms with Crippen molar-refractivity contribution in [3.8, 4) is 0 Å². The molecule has 0 bridgehead atoms. The monoisotopic (exact) mass is 679 g/mol. The minimum atomic E-state index is -3.50. The number of carbonyl (C=O) groups excluding carboxylic acids is 3. The smallest absolute Gasteiger partial charge is 0.315 e. The van der Waals surface area contributed by atoms with Crippen molar-refractivity contribution in [3.05, 3.63) is 86.1 Å². The lowest BCUT2D eigenvalue weighted by Gasteiger charge is -2.14. The number of carbonyl (C=O) groups is 3. The number of benzene rings is 3. The number of hydrogen-bond donors (Lipinski definition) is 3. The molecule has 3 N–H and O–H groups in total. The fourth-order valence-corrected chi connectivity index (χ4v) is 5.28. The van der Waals surface area contributed by atoms with E-state index < -0.39 is 79.7 Å². The van der Waals surface area contributed by atoms with Gasteiger partial charge in [0.25, 0.3) is 11.8 Å². The number of alkyl halides is 4. The Kier molecular flexibility index (Phi) is 8.96. The van der Waals surface area contributed by atoms with Gasteiger partial charge in [-0.05, 0) is 42.0 Å². The number of amides is 3. The largest absolute Gasteiger partial charge is 0.326 e. The predicted molar refractivity (Wildman–Crippen MR) is 152 cm³/mol. The van der Waals surface area contributed by atoms with Gasteiger partial charge >= 0.3 is 6.43 Å². The normalized spacial score (nSPS) is 17.2. The highest BCUT2D eigenvalue weighted by molar-refractivity contribution is 6.53. The maximum atomic E-state index is 14.7. The second kappa shape index (κ2) is 11.8. The third-order valence-electron chi connectivity index (χ3n) is 5.96. The Morgan fingerprint density at radius 3 is 2.17 bits per heavy atom. The predicted octanol–water partition coefficient (Wildman–Crippen LogP) is 8.78. The van der Waals surface area contributed by atoms with E-state index in [-0.39, 0.29) is 20.0 Å². The molecule has 41 heavy (non-hydrogen) atoms. The lowest BCUT2D eigenvalue weighted by atomic mass is 10.1. The van der Waals surface area contributed by atoms with Crippen molar-refractivity contribution in [1.29, 1.82) is 0 Å². The molecule has 0 aromatic heterocycles. The molecule has 0 heterocycles. The summed E-state index contributed by atoms with van der Waals surface area (Å²) in [5, 5.41) is 5.41. The first-order valence-electron chi connectivity index (χ1n) is 11.1. The van der Waals surface area contributed by atoms with E-state index >= 15 is 0 Å². The summed E-state index contributed by atoms with van der Waals surface area (Å²) in [5.74, 6) is -9.88. The molecule has 1 saturated carbocycles. The Bertz CT molecular complexity index is 1610. The number of nitrogens with one attached hydrogen (secondary N) is 3. The van der Waals surface area contributed by atoms with Crippen LogP contribution >= 0.6 is 58.0 Å². The third-order valence-corrected chi connectivity index (χ3v) is 8.03. The highest BCUT2D eigenvalue weighted by atomic mass is 35.5. The summed E-state index contributed by atoms with van der Waals surface area (Å²) in [7, 11) is 0. The average Bonchev–Trinajstić information content (AvgIpc) is 3.48. The minimum absolute atomic E-state index is 0. The van der Waals surface area contributed by atoms with Crippen LogP contribution in [0.25, 0.3) is 0 Å². The van der Waals surface area contributed by atoms with E-state index in [0.29, 0.717) is 17.7 Å². The van der Waals surface area contributed by atoms with Crippen molar-refractivity contribution in [1.82, 2.24) is 0 Å². The van der Waals surface area contributed by atoms with Gasteiger partial charge in [0.2, 0.25) is 5.91 Å². The molecule has 222 valence electrons. The fraction of sp³-hybridized carbons (Fsp3) is 0.160. The van der Waals surface area contributed by atoms with Crippen molar-refractivity contribution < 1.29 is 40.6 Å². The Morgan fingerprint density at radius 1 is 0.854 bits per heavy atom. The van der Waals surface area contributed by atoms with E-state index in [9.17, 15) is 36.3 Å². The van der Waals surface area contributed by atoms with Crippen LogP contribution < -0.4 is 16.0 Å².